The summed E-state index contributed by atoms with van der Waals surface area (Å²) in [6.45, 7) is 5.50. The molecule has 2 N–H and O–H groups in total. The van der Waals surface area contributed by atoms with E-state index < -0.39 is 17.9 Å². The molecule has 0 saturated heterocycles. The van der Waals surface area contributed by atoms with Crippen LogP contribution < -0.4 is 25.1 Å². The number of rotatable bonds is 6. The van der Waals surface area contributed by atoms with Gasteiger partial charge in [0, 0.05) is 5.56 Å². The Bertz CT molecular complexity index is 835. The first-order chi connectivity index (χ1) is 12.9. The molecule has 7 heteroatoms. The van der Waals surface area contributed by atoms with Crippen molar-refractivity contribution >= 4 is 11.8 Å². The van der Waals surface area contributed by atoms with Crippen molar-refractivity contribution in [2.45, 2.75) is 26.9 Å². The van der Waals surface area contributed by atoms with Gasteiger partial charge in [0.25, 0.3) is 11.8 Å². The molecular weight excluding hydrogens is 348 g/mol. The molecule has 0 aliphatic heterocycles. The van der Waals surface area contributed by atoms with E-state index in [2.05, 4.69) is 10.9 Å². The van der Waals surface area contributed by atoms with E-state index in [0.717, 1.165) is 11.1 Å². The molecule has 144 valence electrons. The molecular formula is C20H24N2O5. The molecule has 0 bridgehead atoms. The van der Waals surface area contributed by atoms with E-state index in [4.69, 9.17) is 14.2 Å². The molecule has 0 saturated carbocycles. The molecule has 0 heterocycles. The van der Waals surface area contributed by atoms with E-state index in [1.54, 1.807) is 25.1 Å². The number of aryl methyl sites for hydroxylation is 1. The van der Waals surface area contributed by atoms with Crippen LogP contribution in [0, 0.1) is 13.8 Å². The van der Waals surface area contributed by atoms with E-state index in [-0.39, 0.29) is 0 Å². The predicted octanol–water partition coefficient (Wildman–Crippen LogP) is 2.55. The van der Waals surface area contributed by atoms with Crippen molar-refractivity contribution in [2.75, 3.05) is 14.2 Å². The number of hydrogen-bond acceptors (Lipinski definition) is 5. The van der Waals surface area contributed by atoms with Gasteiger partial charge < -0.3 is 14.2 Å². The first-order valence-corrected chi connectivity index (χ1v) is 8.42. The Kier molecular flexibility index (Phi) is 6.65. The van der Waals surface area contributed by atoms with Gasteiger partial charge in [-0.1, -0.05) is 12.1 Å². The van der Waals surface area contributed by atoms with Crippen LogP contribution in [0.15, 0.2) is 36.4 Å². The van der Waals surface area contributed by atoms with Crippen LogP contribution in [0.4, 0.5) is 0 Å². The second-order valence-corrected chi connectivity index (χ2v) is 5.97. The third-order valence-electron chi connectivity index (χ3n) is 4.17. The molecule has 2 amide bonds. The summed E-state index contributed by atoms with van der Waals surface area (Å²) >= 11 is 0. The van der Waals surface area contributed by atoms with Crippen LogP contribution >= 0.6 is 0 Å². The molecule has 0 unspecified atom stereocenters. The third-order valence-corrected chi connectivity index (χ3v) is 4.17. The number of benzene rings is 2. The van der Waals surface area contributed by atoms with Gasteiger partial charge in [-0.15, -0.1) is 0 Å². The fraction of sp³-hybridized carbons (Fsp3) is 0.300. The molecule has 0 radical (unpaired) electrons. The topological polar surface area (TPSA) is 85.9 Å². The maximum atomic E-state index is 12.2. The minimum Gasteiger partial charge on any atom is -0.493 e. The largest absolute Gasteiger partial charge is 0.493 e. The highest BCUT2D eigenvalue weighted by Crippen LogP contribution is 2.27. The number of hydrazine groups is 1. The fourth-order valence-electron chi connectivity index (χ4n) is 2.37. The standard InChI is InChI=1S/C20H24N2O5/c1-12-7-6-8-16(13(12)2)27-14(3)19(23)21-22-20(24)15-9-10-17(25-4)18(11-15)26-5/h6-11,14H,1-5H3,(H,21,23)(H,22,24)/t14-/m0/s1. The van der Waals surface area contributed by atoms with Gasteiger partial charge in [-0.25, -0.2) is 0 Å². The smallest absolute Gasteiger partial charge is 0.279 e. The Labute approximate surface area is 158 Å². The number of hydrogen-bond donors (Lipinski definition) is 2. The maximum Gasteiger partial charge on any atom is 0.279 e. The Morgan fingerprint density at radius 3 is 2.30 bits per heavy atom. The first kappa shape index (κ1) is 20.1. The number of methoxy groups -OCH3 is 2. The van der Waals surface area contributed by atoms with Crippen LogP contribution in [0.5, 0.6) is 17.2 Å². The highest BCUT2D eigenvalue weighted by atomic mass is 16.5. The third kappa shape index (κ3) is 4.91. The molecule has 0 spiro atoms. The van der Waals surface area contributed by atoms with Crippen LogP contribution in [0.2, 0.25) is 0 Å². The van der Waals surface area contributed by atoms with Crippen molar-refractivity contribution < 1.29 is 23.8 Å². The van der Waals surface area contributed by atoms with Crippen molar-refractivity contribution in [2.24, 2.45) is 0 Å². The maximum absolute atomic E-state index is 12.2. The second-order valence-electron chi connectivity index (χ2n) is 5.97. The molecule has 2 aromatic rings. The molecule has 27 heavy (non-hydrogen) atoms. The van der Waals surface area contributed by atoms with Gasteiger partial charge >= 0.3 is 0 Å². The number of carbonyl (C=O) groups is 2. The number of carbonyl (C=O) groups excluding carboxylic acids is 2. The van der Waals surface area contributed by atoms with Crippen LogP contribution in [-0.2, 0) is 4.79 Å². The molecule has 7 nitrogen and oxygen atoms in total. The molecule has 0 aliphatic carbocycles. The Balaban J connectivity index is 1.96. The average molecular weight is 372 g/mol. The van der Waals surface area contributed by atoms with Crippen LogP contribution in [0.3, 0.4) is 0 Å². The Morgan fingerprint density at radius 1 is 0.926 bits per heavy atom. The van der Waals surface area contributed by atoms with Crippen LogP contribution in [-0.4, -0.2) is 32.1 Å². The van der Waals surface area contributed by atoms with Gasteiger partial charge in [-0.2, -0.15) is 0 Å². The first-order valence-electron chi connectivity index (χ1n) is 8.42. The lowest BCUT2D eigenvalue weighted by Gasteiger charge is -2.17. The molecule has 1 atom stereocenters. The van der Waals surface area contributed by atoms with Crippen molar-refractivity contribution in [3.63, 3.8) is 0 Å². The molecule has 0 aromatic heterocycles. The van der Waals surface area contributed by atoms with Crippen LogP contribution in [0.1, 0.15) is 28.4 Å². The summed E-state index contributed by atoms with van der Waals surface area (Å²) in [4.78, 5) is 24.4. The number of nitrogens with one attached hydrogen (secondary N) is 2. The predicted molar refractivity (Wildman–Crippen MR) is 101 cm³/mol. The van der Waals surface area contributed by atoms with Crippen molar-refractivity contribution in [1.82, 2.24) is 10.9 Å². The quantitative estimate of drug-likeness (QED) is 0.761. The number of ether oxygens (including phenoxy) is 3. The SMILES string of the molecule is COc1ccc(C(=O)NNC(=O)[C@H](C)Oc2cccc(C)c2C)cc1OC. The second kappa shape index (κ2) is 8.93. The highest BCUT2D eigenvalue weighted by Gasteiger charge is 2.17. The molecule has 0 aliphatic rings. The van der Waals surface area contributed by atoms with E-state index >= 15 is 0 Å². The van der Waals surface area contributed by atoms with Gasteiger partial charge in [-0.05, 0) is 56.2 Å². The van der Waals surface area contributed by atoms with Gasteiger partial charge in [0.1, 0.15) is 5.75 Å². The van der Waals surface area contributed by atoms with E-state index in [0.29, 0.717) is 22.8 Å². The Morgan fingerprint density at radius 2 is 1.63 bits per heavy atom. The summed E-state index contributed by atoms with van der Waals surface area (Å²) in [5.41, 5.74) is 7.08. The van der Waals surface area contributed by atoms with E-state index in [1.807, 2.05) is 26.0 Å². The molecule has 2 aromatic carbocycles. The summed E-state index contributed by atoms with van der Waals surface area (Å²) in [6.07, 6.45) is -0.781. The summed E-state index contributed by atoms with van der Waals surface area (Å²) < 4.78 is 16.0. The molecule has 2 rings (SSSR count). The zero-order valence-electron chi connectivity index (χ0n) is 16.1. The Hall–Kier alpha value is -3.22. The van der Waals surface area contributed by atoms with Gasteiger partial charge in [0.2, 0.25) is 0 Å². The average Bonchev–Trinajstić information content (AvgIpc) is 2.68. The summed E-state index contributed by atoms with van der Waals surface area (Å²) in [5, 5.41) is 0. The van der Waals surface area contributed by atoms with Crippen molar-refractivity contribution in [3.8, 4) is 17.2 Å². The normalized spacial score (nSPS) is 11.3. The highest BCUT2D eigenvalue weighted by molar-refractivity contribution is 5.96. The minimum absolute atomic E-state index is 0.316. The van der Waals surface area contributed by atoms with Crippen molar-refractivity contribution in [1.29, 1.82) is 0 Å². The minimum atomic E-state index is -0.781. The summed E-state index contributed by atoms with van der Waals surface area (Å²) in [5.74, 6) is 0.605. The zero-order chi connectivity index (χ0) is 20.0. The van der Waals surface area contributed by atoms with Gasteiger partial charge in [-0.3, -0.25) is 20.4 Å². The summed E-state index contributed by atoms with van der Waals surface area (Å²) in [6, 6.07) is 10.3. The zero-order valence-corrected chi connectivity index (χ0v) is 16.1. The van der Waals surface area contributed by atoms with E-state index in [1.165, 1.54) is 20.3 Å². The van der Waals surface area contributed by atoms with Gasteiger partial charge in [0.15, 0.2) is 17.6 Å². The monoisotopic (exact) mass is 372 g/mol. The lowest BCUT2D eigenvalue weighted by atomic mass is 10.1. The van der Waals surface area contributed by atoms with Crippen LogP contribution in [0.25, 0.3) is 0 Å². The lowest BCUT2D eigenvalue weighted by molar-refractivity contribution is -0.128. The fourth-order valence-corrected chi connectivity index (χ4v) is 2.37. The van der Waals surface area contributed by atoms with Crippen molar-refractivity contribution in [3.05, 3.63) is 53.1 Å². The van der Waals surface area contributed by atoms with Gasteiger partial charge in [0.05, 0.1) is 14.2 Å². The lowest BCUT2D eigenvalue weighted by Crippen LogP contribution is -2.47. The molecule has 0 fully saturated rings. The number of amides is 2. The summed E-state index contributed by atoms with van der Waals surface area (Å²) in [7, 11) is 2.99. The van der Waals surface area contributed by atoms with E-state index in [9.17, 15) is 9.59 Å².